The molecule has 2 atom stereocenters. The molecule has 0 bridgehead atoms. The highest BCUT2D eigenvalue weighted by Crippen LogP contribution is 2.71. The van der Waals surface area contributed by atoms with Gasteiger partial charge in [-0.25, -0.2) is 17.6 Å². The molecule has 0 spiro atoms. The molecule has 1 aromatic carbocycles. The van der Waals surface area contributed by atoms with E-state index in [4.69, 9.17) is 10.00 Å². The molecular weight excluding hydrogens is 378 g/mol. The third-order valence-corrected chi connectivity index (χ3v) is 5.71. The molecular formula is C20H21F4NO3. The average Bonchev–Trinajstić information content (AvgIpc) is 3.13. The van der Waals surface area contributed by atoms with Crippen molar-refractivity contribution in [1.29, 1.82) is 5.26 Å². The molecule has 0 heterocycles. The van der Waals surface area contributed by atoms with Crippen LogP contribution in [0.5, 0.6) is 0 Å². The van der Waals surface area contributed by atoms with Crippen molar-refractivity contribution < 1.29 is 31.8 Å². The lowest BCUT2D eigenvalue weighted by molar-refractivity contribution is -0.148. The Morgan fingerprint density at radius 1 is 1.11 bits per heavy atom. The zero-order valence-corrected chi connectivity index (χ0v) is 16.3. The Morgan fingerprint density at radius 2 is 1.61 bits per heavy atom. The molecule has 0 radical (unpaired) electrons. The summed E-state index contributed by atoms with van der Waals surface area (Å²) in [6, 6.07) is 1.92. The molecule has 0 N–H and O–H groups in total. The minimum absolute atomic E-state index is 0.303. The molecule has 1 saturated carbocycles. The smallest absolute Gasteiger partial charge is 0.313 e. The maximum absolute atomic E-state index is 14.6. The number of hydrogen-bond acceptors (Lipinski definition) is 4. The molecule has 0 aliphatic heterocycles. The summed E-state index contributed by atoms with van der Waals surface area (Å²) in [5, 5.41) is 9.01. The summed E-state index contributed by atoms with van der Waals surface area (Å²) in [5.41, 5.74) is -3.75. The Labute approximate surface area is 160 Å². The van der Waals surface area contributed by atoms with Crippen LogP contribution in [0.3, 0.4) is 0 Å². The number of carbonyl (C=O) groups excluding carboxylic acids is 1. The van der Waals surface area contributed by atoms with Crippen molar-refractivity contribution in [3.05, 3.63) is 46.0 Å². The van der Waals surface area contributed by atoms with Crippen molar-refractivity contribution in [3.63, 3.8) is 0 Å². The second kappa shape index (κ2) is 7.55. The van der Waals surface area contributed by atoms with Gasteiger partial charge in [0.2, 0.25) is 0 Å². The fraction of sp³-hybridized carbons (Fsp3) is 0.500. The van der Waals surface area contributed by atoms with Crippen molar-refractivity contribution in [2.24, 2.45) is 16.7 Å². The Hall–Kier alpha value is -2.40. The second-order valence-electron chi connectivity index (χ2n) is 7.45. The first-order chi connectivity index (χ1) is 13.0. The first-order valence-electron chi connectivity index (χ1n) is 8.50. The minimum atomic E-state index is -1.57. The maximum Gasteiger partial charge on any atom is 0.313 e. The lowest BCUT2D eigenvalue weighted by Gasteiger charge is -2.20. The van der Waals surface area contributed by atoms with Crippen LogP contribution in [0.4, 0.5) is 17.6 Å². The van der Waals surface area contributed by atoms with Gasteiger partial charge in [0.15, 0.2) is 23.3 Å². The van der Waals surface area contributed by atoms with E-state index < -0.39 is 70.1 Å². The predicted octanol–water partition coefficient (Wildman–Crippen LogP) is 4.22. The van der Waals surface area contributed by atoms with Crippen LogP contribution in [0.25, 0.3) is 0 Å². The average molecular weight is 399 g/mol. The van der Waals surface area contributed by atoms with E-state index >= 15 is 0 Å². The van der Waals surface area contributed by atoms with Crippen LogP contribution in [0.1, 0.15) is 31.9 Å². The van der Waals surface area contributed by atoms with Gasteiger partial charge in [-0.2, -0.15) is 5.26 Å². The zero-order chi connectivity index (χ0) is 21.4. The number of halogens is 4. The van der Waals surface area contributed by atoms with Crippen LogP contribution in [0, 0.1) is 51.3 Å². The van der Waals surface area contributed by atoms with Gasteiger partial charge in [-0.3, -0.25) is 4.79 Å². The van der Waals surface area contributed by atoms with E-state index in [9.17, 15) is 22.4 Å². The Bertz CT molecular complexity index is 859. The normalized spacial score (nSPS) is 23.3. The molecule has 2 unspecified atom stereocenters. The quantitative estimate of drug-likeness (QED) is 0.311. The third kappa shape index (κ3) is 3.08. The van der Waals surface area contributed by atoms with E-state index in [1.807, 2.05) is 6.07 Å². The van der Waals surface area contributed by atoms with Crippen LogP contribution < -0.4 is 0 Å². The fourth-order valence-corrected chi connectivity index (χ4v) is 3.94. The number of benzene rings is 1. The third-order valence-electron chi connectivity index (χ3n) is 5.71. The first kappa shape index (κ1) is 21.9. The number of rotatable bonds is 6. The van der Waals surface area contributed by atoms with Crippen molar-refractivity contribution in [2.75, 3.05) is 14.2 Å². The van der Waals surface area contributed by atoms with Crippen molar-refractivity contribution in [3.8, 4) is 6.07 Å². The molecule has 1 fully saturated rings. The van der Waals surface area contributed by atoms with E-state index in [1.54, 1.807) is 13.8 Å². The minimum Gasteiger partial charge on any atom is -0.469 e. The van der Waals surface area contributed by atoms with Gasteiger partial charge in [-0.05, 0) is 18.8 Å². The maximum atomic E-state index is 14.6. The highest BCUT2D eigenvalue weighted by Gasteiger charge is 2.75. The topological polar surface area (TPSA) is 59.3 Å². The zero-order valence-electron chi connectivity index (χ0n) is 16.3. The number of esters is 1. The summed E-state index contributed by atoms with van der Waals surface area (Å²) in [6.07, 6.45) is 0.893. The Kier molecular flexibility index (Phi) is 5.90. The standard InChI is InChI=1S/C20H21F4NO3/c1-10(8-25)6-13-19(2,3)20(13,18(26)28-5)7-11-14(21)16(23)12(9-27-4)17(24)15(11)22/h6,13H,7,9H2,1-5H3. The monoisotopic (exact) mass is 399 g/mol. The molecule has 4 nitrogen and oxygen atoms in total. The van der Waals surface area contributed by atoms with E-state index in [2.05, 4.69) is 4.74 Å². The molecule has 0 saturated heterocycles. The molecule has 152 valence electrons. The van der Waals surface area contributed by atoms with Gasteiger partial charge in [0.05, 0.1) is 30.8 Å². The van der Waals surface area contributed by atoms with Gasteiger partial charge in [-0.1, -0.05) is 19.9 Å². The van der Waals surface area contributed by atoms with Gasteiger partial charge < -0.3 is 9.47 Å². The molecule has 0 amide bonds. The number of nitriles is 1. The highest BCUT2D eigenvalue weighted by molar-refractivity contribution is 5.84. The largest absolute Gasteiger partial charge is 0.469 e. The van der Waals surface area contributed by atoms with Gasteiger partial charge in [-0.15, -0.1) is 0 Å². The van der Waals surface area contributed by atoms with E-state index in [0.717, 1.165) is 14.2 Å². The lowest BCUT2D eigenvalue weighted by Crippen LogP contribution is -2.28. The molecule has 1 aliphatic carbocycles. The summed E-state index contributed by atoms with van der Waals surface area (Å²) in [4.78, 5) is 12.6. The number of hydrogen-bond donors (Lipinski definition) is 0. The fourth-order valence-electron chi connectivity index (χ4n) is 3.94. The van der Waals surface area contributed by atoms with Gasteiger partial charge in [0.25, 0.3) is 0 Å². The van der Waals surface area contributed by atoms with Crippen LogP contribution >= 0.6 is 0 Å². The van der Waals surface area contributed by atoms with Crippen molar-refractivity contribution in [1.82, 2.24) is 0 Å². The number of methoxy groups -OCH3 is 2. The van der Waals surface area contributed by atoms with Crippen molar-refractivity contribution in [2.45, 2.75) is 33.8 Å². The summed E-state index contributed by atoms with van der Waals surface area (Å²) in [7, 11) is 2.25. The summed E-state index contributed by atoms with van der Waals surface area (Å²) in [5.74, 6) is -7.64. The number of carbonyl (C=O) groups is 1. The second-order valence-corrected chi connectivity index (χ2v) is 7.45. The van der Waals surface area contributed by atoms with Crippen LogP contribution in [0.2, 0.25) is 0 Å². The molecule has 2 rings (SSSR count). The highest BCUT2D eigenvalue weighted by atomic mass is 19.2. The molecule has 0 aromatic heterocycles. The van der Waals surface area contributed by atoms with E-state index in [0.29, 0.717) is 5.57 Å². The number of ether oxygens (including phenoxy) is 2. The first-order valence-corrected chi connectivity index (χ1v) is 8.50. The van der Waals surface area contributed by atoms with Crippen LogP contribution in [0.15, 0.2) is 11.6 Å². The predicted molar refractivity (Wildman–Crippen MR) is 91.8 cm³/mol. The van der Waals surface area contributed by atoms with E-state index in [-0.39, 0.29) is 0 Å². The van der Waals surface area contributed by atoms with E-state index in [1.165, 1.54) is 13.0 Å². The molecule has 8 heteroatoms. The summed E-state index contributed by atoms with van der Waals surface area (Å²) >= 11 is 0. The Balaban J connectivity index is 2.64. The van der Waals surface area contributed by atoms with Gasteiger partial charge in [0, 0.05) is 24.2 Å². The van der Waals surface area contributed by atoms with Crippen LogP contribution in [-0.4, -0.2) is 20.2 Å². The Morgan fingerprint density at radius 3 is 2.04 bits per heavy atom. The van der Waals surface area contributed by atoms with Gasteiger partial charge >= 0.3 is 5.97 Å². The summed E-state index contributed by atoms with van der Waals surface area (Å²) in [6.45, 7) is 4.21. The van der Waals surface area contributed by atoms with Crippen molar-refractivity contribution >= 4 is 5.97 Å². The molecule has 28 heavy (non-hydrogen) atoms. The van der Waals surface area contributed by atoms with Gasteiger partial charge in [0.1, 0.15) is 0 Å². The van der Waals surface area contributed by atoms with Crippen LogP contribution in [-0.2, 0) is 27.3 Å². The molecule has 1 aliphatic rings. The SMILES string of the molecule is COCc1c(F)c(F)c(CC2(C(=O)OC)C(C=C(C)C#N)C2(C)C)c(F)c1F. The lowest BCUT2D eigenvalue weighted by atomic mass is 9.87. The number of nitrogens with zero attached hydrogens (tertiary/aromatic N) is 1. The number of allylic oxidation sites excluding steroid dienone is 2. The molecule has 1 aromatic rings. The summed E-state index contributed by atoms with van der Waals surface area (Å²) < 4.78 is 67.2.